The normalized spacial score (nSPS) is 49.2. The van der Waals surface area contributed by atoms with Gasteiger partial charge in [0.1, 0.15) is 0 Å². The van der Waals surface area contributed by atoms with Gasteiger partial charge in [-0.05, 0) is 154 Å². The number of fused-ring (bicyclic) bond motifs is 4. The van der Waals surface area contributed by atoms with Crippen molar-refractivity contribution in [2.75, 3.05) is 0 Å². The third-order valence-corrected chi connectivity index (χ3v) is 19.7. The first-order chi connectivity index (χ1) is 23.4. The average Bonchev–Trinajstić information content (AvgIpc) is 4.00. The predicted molar refractivity (Wildman–Crippen MR) is 213 cm³/mol. The molecule has 8 aliphatic carbocycles. The lowest BCUT2D eigenvalue weighted by Gasteiger charge is -2.44. The van der Waals surface area contributed by atoms with Gasteiger partial charge in [-0.3, -0.25) is 0 Å². The summed E-state index contributed by atoms with van der Waals surface area (Å²) in [4.78, 5) is 0. The Hall–Kier alpha value is -0.530. The molecule has 0 spiro atoms. The first kappa shape index (κ1) is 36.4. The quantitative estimate of drug-likeness (QED) is 0.168. The van der Waals surface area contributed by atoms with Crippen LogP contribution >= 0.6 is 0 Å². The van der Waals surface area contributed by atoms with Crippen molar-refractivity contribution in [1.29, 1.82) is 0 Å². The van der Waals surface area contributed by atoms with Crippen molar-refractivity contribution >= 4 is 13.8 Å². The standard InChI is InChI=1S/C46H78B2O2/c1-15-29(16-2)42(49-47(38-25(3)17-21-30-34(38)43(30,7)8)39-26(4)18-22-31-35(39)44(31,9)10)50-48(40-27(5)19-23-32-36(40)45(32,11)12)41-28(6)20-24-33-37(41)46(33,13)14/h25-28,30-41H,15-24H2,1-14H3/t25-,26-,27-,28-,30+,31+,32+,33+,34+,35+,36+,37+,38+,39+,40+,41+/m0/s1. The molecule has 0 aromatic heterocycles. The summed E-state index contributed by atoms with van der Waals surface area (Å²) >= 11 is 0. The number of rotatable bonds is 10. The van der Waals surface area contributed by atoms with Crippen molar-refractivity contribution in [3.63, 3.8) is 0 Å². The highest BCUT2D eigenvalue weighted by Crippen LogP contribution is 2.78. The molecule has 0 unspecified atom stereocenters. The van der Waals surface area contributed by atoms with E-state index in [-0.39, 0.29) is 13.8 Å². The summed E-state index contributed by atoms with van der Waals surface area (Å²) in [5, 5.41) is 0. The SMILES string of the molecule is CCC(CC)=C(OB([C@H]1[C@H]2[C@@H](CC[C@@H]1C)C2(C)C)[C@H]1[C@H]2[C@@H](CC[C@@H]1C)C2(C)C)OB([C@H]1[C@H]2[C@@H](CC[C@@H]1C)C2(C)C)[C@H]1[C@H]2[C@@H](CC[C@@H]1C)C2(C)C. The van der Waals surface area contributed by atoms with Crippen molar-refractivity contribution in [1.82, 2.24) is 0 Å². The minimum atomic E-state index is 0.274. The smallest absolute Gasteiger partial charge is 0.369 e. The van der Waals surface area contributed by atoms with Crippen LogP contribution in [0.2, 0.25) is 23.3 Å². The third kappa shape index (κ3) is 5.27. The van der Waals surface area contributed by atoms with Crippen LogP contribution in [0, 0.1) is 92.7 Å². The van der Waals surface area contributed by atoms with E-state index >= 15 is 0 Å². The molecule has 0 N–H and O–H groups in total. The topological polar surface area (TPSA) is 18.5 Å². The Morgan fingerprint density at radius 1 is 0.440 bits per heavy atom. The molecular weight excluding hydrogens is 606 g/mol. The molecule has 280 valence electrons. The van der Waals surface area contributed by atoms with Crippen LogP contribution in [0.3, 0.4) is 0 Å². The largest absolute Gasteiger partial charge is 0.537 e. The van der Waals surface area contributed by atoms with Gasteiger partial charge in [-0.1, -0.05) is 123 Å². The minimum absolute atomic E-state index is 0.274. The van der Waals surface area contributed by atoms with Gasteiger partial charge in [-0.2, -0.15) is 0 Å². The van der Waals surface area contributed by atoms with Gasteiger partial charge >= 0.3 is 13.8 Å². The summed E-state index contributed by atoms with van der Waals surface area (Å²) in [7, 11) is 0. The highest BCUT2D eigenvalue weighted by atomic mass is 16.6. The fraction of sp³-hybridized carbons (Fsp3) is 0.957. The van der Waals surface area contributed by atoms with Crippen molar-refractivity contribution in [2.24, 2.45) is 92.7 Å². The van der Waals surface area contributed by atoms with E-state index in [0.29, 0.717) is 44.9 Å². The second-order valence-corrected chi connectivity index (χ2v) is 23.1. The fourth-order valence-corrected chi connectivity index (χ4v) is 16.3. The Labute approximate surface area is 310 Å². The molecule has 4 heteroatoms. The highest BCUT2D eigenvalue weighted by molar-refractivity contribution is 6.58. The molecule has 0 radical (unpaired) electrons. The summed E-state index contributed by atoms with van der Waals surface area (Å²) in [6.07, 6.45) is 13.3. The van der Waals surface area contributed by atoms with Crippen LogP contribution in [0.15, 0.2) is 11.5 Å². The molecule has 16 atom stereocenters. The maximum Gasteiger partial charge on any atom is 0.369 e. The highest BCUT2D eigenvalue weighted by Gasteiger charge is 2.73. The van der Waals surface area contributed by atoms with Crippen molar-refractivity contribution < 1.29 is 9.31 Å². The van der Waals surface area contributed by atoms with Gasteiger partial charge in [0.05, 0.1) is 0 Å². The Morgan fingerprint density at radius 2 is 0.680 bits per heavy atom. The second-order valence-electron chi connectivity index (χ2n) is 23.1. The summed E-state index contributed by atoms with van der Waals surface area (Å²) < 4.78 is 16.1. The van der Waals surface area contributed by atoms with E-state index in [1.54, 1.807) is 0 Å². The van der Waals surface area contributed by atoms with Crippen LogP contribution < -0.4 is 0 Å². The lowest BCUT2D eigenvalue weighted by molar-refractivity contribution is 0.167. The molecular formula is C46H78B2O2. The zero-order chi connectivity index (χ0) is 36.0. The van der Waals surface area contributed by atoms with Crippen LogP contribution in [0.5, 0.6) is 0 Å². The summed E-state index contributed by atoms with van der Waals surface area (Å²) in [5.74, 6) is 13.2. The van der Waals surface area contributed by atoms with Crippen LogP contribution in [0.25, 0.3) is 0 Å². The molecule has 8 aliphatic rings. The summed E-state index contributed by atoms with van der Waals surface area (Å²) in [6.45, 7) is 36.6. The van der Waals surface area contributed by atoms with E-state index < -0.39 is 0 Å². The fourth-order valence-electron chi connectivity index (χ4n) is 16.3. The molecule has 2 nitrogen and oxygen atoms in total. The van der Waals surface area contributed by atoms with Crippen molar-refractivity contribution in [3.8, 4) is 0 Å². The van der Waals surface area contributed by atoms with E-state index in [1.807, 2.05) is 0 Å². The first-order valence-corrected chi connectivity index (χ1v) is 22.5. The maximum atomic E-state index is 8.04. The first-order valence-electron chi connectivity index (χ1n) is 22.5. The lowest BCUT2D eigenvalue weighted by Crippen LogP contribution is -2.45. The second kappa shape index (κ2) is 12.0. The monoisotopic (exact) mass is 685 g/mol. The summed E-state index contributed by atoms with van der Waals surface area (Å²) in [6, 6.07) is 0. The van der Waals surface area contributed by atoms with Crippen LogP contribution in [0.4, 0.5) is 0 Å². The van der Waals surface area contributed by atoms with Crippen molar-refractivity contribution in [2.45, 2.75) is 184 Å². The molecule has 50 heavy (non-hydrogen) atoms. The Balaban J connectivity index is 1.21. The molecule has 0 saturated heterocycles. The zero-order valence-electron chi connectivity index (χ0n) is 35.3. The molecule has 0 bridgehead atoms. The van der Waals surface area contributed by atoms with Crippen LogP contribution in [0.1, 0.15) is 161 Å². The summed E-state index contributed by atoms with van der Waals surface area (Å²) in [5.41, 5.74) is 3.26. The Morgan fingerprint density at radius 3 is 0.900 bits per heavy atom. The van der Waals surface area contributed by atoms with Gasteiger partial charge < -0.3 is 9.31 Å². The van der Waals surface area contributed by atoms with Gasteiger partial charge in [-0.25, -0.2) is 0 Å². The maximum absolute atomic E-state index is 8.04. The number of allylic oxidation sites excluding steroid dienone is 1. The van der Waals surface area contributed by atoms with Crippen molar-refractivity contribution in [3.05, 3.63) is 11.5 Å². The van der Waals surface area contributed by atoms with Gasteiger partial charge in [0, 0.05) is 5.57 Å². The van der Waals surface area contributed by atoms with Crippen LogP contribution in [-0.2, 0) is 9.31 Å². The van der Waals surface area contributed by atoms with Gasteiger partial charge in [0.25, 0.3) is 0 Å². The predicted octanol–water partition coefficient (Wildman–Crippen LogP) is 13.3. The molecule has 0 heterocycles. The Bertz CT molecular complexity index is 1160. The molecule has 8 saturated carbocycles. The van der Waals surface area contributed by atoms with E-state index in [0.717, 1.165) is 89.8 Å². The van der Waals surface area contributed by atoms with Gasteiger partial charge in [0.2, 0.25) is 5.95 Å². The minimum Gasteiger partial charge on any atom is -0.537 e. The molecule has 8 rings (SSSR count). The zero-order valence-corrected chi connectivity index (χ0v) is 35.3. The van der Waals surface area contributed by atoms with E-state index in [4.69, 9.17) is 9.31 Å². The molecule has 0 aliphatic heterocycles. The molecule has 0 aromatic carbocycles. The number of hydrogen-bond acceptors (Lipinski definition) is 2. The number of hydrogen-bond donors (Lipinski definition) is 0. The van der Waals surface area contributed by atoms with E-state index in [2.05, 4.69) is 96.9 Å². The molecule has 0 aromatic rings. The van der Waals surface area contributed by atoms with Gasteiger partial charge in [0.15, 0.2) is 0 Å². The molecule has 8 fully saturated rings. The Kier molecular flexibility index (Phi) is 8.73. The molecule has 0 amide bonds. The van der Waals surface area contributed by atoms with Gasteiger partial charge in [-0.15, -0.1) is 0 Å². The third-order valence-electron chi connectivity index (χ3n) is 19.7. The van der Waals surface area contributed by atoms with Crippen LogP contribution in [-0.4, -0.2) is 13.8 Å². The van der Waals surface area contributed by atoms with E-state index in [9.17, 15) is 0 Å². The lowest BCUT2D eigenvalue weighted by atomic mass is 9.36. The van der Waals surface area contributed by atoms with E-state index in [1.165, 1.54) is 56.9 Å². The average molecular weight is 685 g/mol.